The molecule has 5 N–H and O–H groups in total. The number of hydrogen-bond acceptors (Lipinski definition) is 8. The first-order valence-electron chi connectivity index (χ1n) is 11.0. The van der Waals surface area contributed by atoms with Gasteiger partial charge in [0.15, 0.2) is 23.0 Å². The van der Waals surface area contributed by atoms with E-state index >= 15 is 0 Å². The van der Waals surface area contributed by atoms with Gasteiger partial charge in [0.2, 0.25) is 5.91 Å². The van der Waals surface area contributed by atoms with Crippen molar-refractivity contribution < 1.29 is 49.0 Å². The number of nitrogens with one attached hydrogen (secondary N) is 1. The maximum atomic E-state index is 12.3. The first-order valence-corrected chi connectivity index (χ1v) is 11.0. The zero-order valence-corrected chi connectivity index (χ0v) is 19.6. The number of amides is 1. The van der Waals surface area contributed by atoms with Crippen LogP contribution in [-0.2, 0) is 14.4 Å². The quantitative estimate of drug-likeness (QED) is 0.287. The highest BCUT2D eigenvalue weighted by atomic mass is 16.5. The van der Waals surface area contributed by atoms with Crippen molar-refractivity contribution in [3.63, 3.8) is 0 Å². The van der Waals surface area contributed by atoms with E-state index in [2.05, 4.69) is 5.32 Å². The molecule has 2 aromatic rings. The molecule has 0 bridgehead atoms. The Morgan fingerprint density at radius 1 is 1.11 bits per heavy atom. The van der Waals surface area contributed by atoms with E-state index in [-0.39, 0.29) is 24.5 Å². The number of fused-ring (bicyclic) bond motifs is 1. The Bertz CT molecular complexity index is 1180. The molecular formula is C25H27NO10. The lowest BCUT2D eigenvalue weighted by atomic mass is 9.90. The van der Waals surface area contributed by atoms with Crippen LogP contribution in [0.2, 0.25) is 0 Å². The Hall–Kier alpha value is -4.25. The van der Waals surface area contributed by atoms with Gasteiger partial charge in [-0.15, -0.1) is 0 Å². The molecule has 11 nitrogen and oxygen atoms in total. The number of benzene rings is 2. The minimum atomic E-state index is -1.34. The third-order valence-electron chi connectivity index (χ3n) is 5.75. The Labute approximate surface area is 206 Å². The van der Waals surface area contributed by atoms with E-state index in [1.54, 1.807) is 24.3 Å². The van der Waals surface area contributed by atoms with Crippen molar-refractivity contribution >= 4 is 23.9 Å². The molecule has 36 heavy (non-hydrogen) atoms. The summed E-state index contributed by atoms with van der Waals surface area (Å²) < 4.78 is 16.8. The summed E-state index contributed by atoms with van der Waals surface area (Å²) in [6, 6.07) is 6.76. The molecule has 1 amide bonds. The lowest BCUT2D eigenvalue weighted by Crippen LogP contribution is -2.40. The molecule has 11 heteroatoms. The molecule has 2 aromatic carbocycles. The van der Waals surface area contributed by atoms with Crippen LogP contribution in [0.5, 0.6) is 23.0 Å². The standard InChI is InChI=1S/C25H27NO10/c1-34-19-11-14(4-6-18(19)28)23-16(12-27)15-9-13(10-20(35-2)24(15)36-23)3-7-21(29)26-17(25(32)33)5-8-22(30)31/h3-4,6-7,9-11,16-17,23,27-28H,5,8,12H2,1-2H3,(H,26,29)(H,30,31)(H,32,33)/t16-,17-,23-/m0/s1. The highest BCUT2D eigenvalue weighted by Gasteiger charge is 2.38. The van der Waals surface area contributed by atoms with Gasteiger partial charge in [0.1, 0.15) is 12.1 Å². The average molecular weight is 501 g/mol. The van der Waals surface area contributed by atoms with Crippen LogP contribution < -0.4 is 19.5 Å². The lowest BCUT2D eigenvalue weighted by molar-refractivity contribution is -0.142. The Kier molecular flexibility index (Phi) is 8.38. The molecule has 0 aromatic heterocycles. The predicted octanol–water partition coefficient (Wildman–Crippen LogP) is 2.07. The van der Waals surface area contributed by atoms with Crippen LogP contribution in [0.3, 0.4) is 0 Å². The van der Waals surface area contributed by atoms with Crippen LogP contribution >= 0.6 is 0 Å². The summed E-state index contributed by atoms with van der Waals surface area (Å²) >= 11 is 0. The van der Waals surface area contributed by atoms with Crippen molar-refractivity contribution in [1.82, 2.24) is 5.32 Å². The minimum Gasteiger partial charge on any atom is -0.504 e. The summed E-state index contributed by atoms with van der Waals surface area (Å²) in [7, 11) is 2.87. The summed E-state index contributed by atoms with van der Waals surface area (Å²) in [5, 5.41) is 40.3. The van der Waals surface area contributed by atoms with E-state index in [1.807, 2.05) is 0 Å². The maximum Gasteiger partial charge on any atom is 0.326 e. The largest absolute Gasteiger partial charge is 0.504 e. The van der Waals surface area contributed by atoms with Crippen molar-refractivity contribution in [2.45, 2.75) is 30.9 Å². The number of aliphatic hydroxyl groups excluding tert-OH is 1. The summed E-state index contributed by atoms with van der Waals surface area (Å²) in [6.07, 6.45) is 1.32. The Morgan fingerprint density at radius 3 is 2.44 bits per heavy atom. The van der Waals surface area contributed by atoms with E-state index in [9.17, 15) is 29.7 Å². The molecule has 0 spiro atoms. The van der Waals surface area contributed by atoms with Gasteiger partial charge < -0.3 is 40.0 Å². The van der Waals surface area contributed by atoms with Gasteiger partial charge in [0, 0.05) is 18.1 Å². The molecule has 0 unspecified atom stereocenters. The van der Waals surface area contributed by atoms with E-state index in [0.29, 0.717) is 28.2 Å². The molecule has 0 radical (unpaired) electrons. The third-order valence-corrected chi connectivity index (χ3v) is 5.75. The fourth-order valence-electron chi connectivity index (χ4n) is 3.95. The number of aromatic hydroxyl groups is 1. The fourth-order valence-corrected chi connectivity index (χ4v) is 3.95. The molecule has 192 valence electrons. The number of phenolic OH excluding ortho intramolecular Hbond substituents is 1. The van der Waals surface area contributed by atoms with Gasteiger partial charge in [-0.1, -0.05) is 6.07 Å². The van der Waals surface area contributed by atoms with Crippen LogP contribution in [0.25, 0.3) is 6.08 Å². The molecule has 0 fully saturated rings. The topological polar surface area (TPSA) is 172 Å². The van der Waals surface area contributed by atoms with Crippen molar-refractivity contribution in [2.75, 3.05) is 20.8 Å². The van der Waals surface area contributed by atoms with Crippen LogP contribution in [0.1, 0.15) is 41.6 Å². The maximum absolute atomic E-state index is 12.3. The molecule has 0 saturated carbocycles. The highest BCUT2D eigenvalue weighted by molar-refractivity contribution is 5.94. The van der Waals surface area contributed by atoms with E-state index in [4.69, 9.17) is 19.3 Å². The van der Waals surface area contributed by atoms with E-state index in [0.717, 1.165) is 6.08 Å². The summed E-state index contributed by atoms with van der Waals surface area (Å²) in [4.78, 5) is 34.3. The Balaban J connectivity index is 1.84. The molecular weight excluding hydrogens is 474 g/mol. The second-order valence-corrected chi connectivity index (χ2v) is 8.07. The van der Waals surface area contributed by atoms with Crippen LogP contribution in [0.15, 0.2) is 36.4 Å². The number of phenols is 1. The van der Waals surface area contributed by atoms with E-state index in [1.165, 1.54) is 26.4 Å². The summed E-state index contributed by atoms with van der Waals surface area (Å²) in [5.41, 5.74) is 1.84. The lowest BCUT2D eigenvalue weighted by Gasteiger charge is -2.18. The van der Waals surface area contributed by atoms with Gasteiger partial charge in [0.25, 0.3) is 0 Å². The molecule has 1 heterocycles. The number of ether oxygens (including phenoxy) is 3. The van der Waals surface area contributed by atoms with Crippen LogP contribution in [0.4, 0.5) is 0 Å². The number of carbonyl (C=O) groups is 3. The van der Waals surface area contributed by atoms with Gasteiger partial charge in [-0.2, -0.15) is 0 Å². The molecule has 3 rings (SSSR count). The Morgan fingerprint density at radius 2 is 1.83 bits per heavy atom. The van der Waals surface area contributed by atoms with Crippen LogP contribution in [-0.4, -0.2) is 65.1 Å². The zero-order valence-electron chi connectivity index (χ0n) is 19.6. The number of carbonyl (C=O) groups excluding carboxylic acids is 1. The number of carboxylic acids is 2. The van der Waals surface area contributed by atoms with Crippen molar-refractivity contribution in [2.24, 2.45) is 0 Å². The monoisotopic (exact) mass is 501 g/mol. The van der Waals surface area contributed by atoms with Crippen molar-refractivity contribution in [3.8, 4) is 23.0 Å². The smallest absolute Gasteiger partial charge is 0.326 e. The highest BCUT2D eigenvalue weighted by Crippen LogP contribution is 2.51. The molecule has 0 aliphatic carbocycles. The van der Waals surface area contributed by atoms with Gasteiger partial charge in [-0.25, -0.2) is 4.79 Å². The zero-order chi connectivity index (χ0) is 26.4. The van der Waals surface area contributed by atoms with Gasteiger partial charge in [0.05, 0.1) is 26.7 Å². The number of rotatable bonds is 11. The second kappa shape index (κ2) is 11.5. The molecule has 0 saturated heterocycles. The number of aliphatic hydroxyl groups is 1. The predicted molar refractivity (Wildman–Crippen MR) is 126 cm³/mol. The number of methoxy groups -OCH3 is 2. The first kappa shape index (κ1) is 26.4. The first-order chi connectivity index (χ1) is 17.2. The number of aliphatic carboxylic acids is 2. The van der Waals surface area contributed by atoms with Crippen molar-refractivity contribution in [1.29, 1.82) is 0 Å². The van der Waals surface area contributed by atoms with E-state index < -0.39 is 42.3 Å². The number of carboxylic acid groups (broad SMARTS) is 2. The summed E-state index contributed by atoms with van der Waals surface area (Å²) in [6.45, 7) is -0.262. The fraction of sp³-hybridized carbons (Fsp3) is 0.320. The normalized spacial score (nSPS) is 17.2. The average Bonchev–Trinajstić information content (AvgIpc) is 3.23. The van der Waals surface area contributed by atoms with Gasteiger partial charge in [-0.3, -0.25) is 9.59 Å². The second-order valence-electron chi connectivity index (χ2n) is 8.07. The van der Waals surface area contributed by atoms with Crippen LogP contribution in [0, 0.1) is 0 Å². The van der Waals surface area contributed by atoms with Gasteiger partial charge in [-0.05, 0) is 47.9 Å². The summed E-state index contributed by atoms with van der Waals surface area (Å²) in [5.74, 6) is -2.69. The molecule has 3 atom stereocenters. The van der Waals surface area contributed by atoms with Gasteiger partial charge >= 0.3 is 11.9 Å². The number of hydrogen-bond donors (Lipinski definition) is 5. The SMILES string of the molecule is COc1cc([C@@H]2Oc3c(OC)cc(C=CC(=O)N[C@@H](CCC(=O)O)C(=O)O)cc3[C@@H]2CO)ccc1O. The molecule has 1 aliphatic rings. The molecule has 1 aliphatic heterocycles. The minimum absolute atomic E-state index is 0.0336. The third kappa shape index (κ3) is 5.87. The van der Waals surface area contributed by atoms with Crippen molar-refractivity contribution in [3.05, 3.63) is 53.1 Å².